The first-order chi connectivity index (χ1) is 18.4. The van der Waals surface area contributed by atoms with Gasteiger partial charge >= 0.3 is 0 Å². The van der Waals surface area contributed by atoms with Crippen molar-refractivity contribution in [1.29, 1.82) is 0 Å². The SMILES string of the molecule is C=CC(=O)Nc1cccc(CCn2c(=O)c(-c3cc(OC)cc(OC)c3)cc3cnc(NC)nc32)n1.CC.[HH].[HH]. The van der Waals surface area contributed by atoms with Crippen molar-refractivity contribution in [3.8, 4) is 22.6 Å². The number of nitrogens with one attached hydrogen (secondary N) is 2. The number of ether oxygens (including phenoxy) is 2. The number of rotatable bonds is 9. The van der Waals surface area contributed by atoms with Gasteiger partial charge in [-0.05, 0) is 42.0 Å². The third kappa shape index (κ3) is 6.33. The van der Waals surface area contributed by atoms with Crippen molar-refractivity contribution in [1.82, 2.24) is 19.5 Å². The molecular weight excluding hydrogens is 484 g/mol. The third-order valence-electron chi connectivity index (χ3n) is 5.55. The molecule has 0 spiro atoms. The molecule has 202 valence electrons. The van der Waals surface area contributed by atoms with Gasteiger partial charge in [0.15, 0.2) is 0 Å². The predicted octanol–water partition coefficient (Wildman–Crippen LogP) is 4.80. The van der Waals surface area contributed by atoms with Crippen LogP contribution in [0.1, 0.15) is 22.4 Å². The molecule has 3 heterocycles. The van der Waals surface area contributed by atoms with E-state index in [9.17, 15) is 9.59 Å². The highest BCUT2D eigenvalue weighted by atomic mass is 16.5. The molecule has 38 heavy (non-hydrogen) atoms. The lowest BCUT2D eigenvalue weighted by molar-refractivity contribution is -0.111. The molecule has 0 fully saturated rings. The molecule has 0 aliphatic carbocycles. The van der Waals surface area contributed by atoms with Crippen LogP contribution in [0.25, 0.3) is 22.2 Å². The second-order valence-corrected chi connectivity index (χ2v) is 7.80. The Morgan fingerprint density at radius 1 is 1.11 bits per heavy atom. The van der Waals surface area contributed by atoms with Crippen LogP contribution in [0.15, 0.2) is 66.1 Å². The van der Waals surface area contributed by atoms with E-state index >= 15 is 0 Å². The zero-order valence-electron chi connectivity index (χ0n) is 22.2. The topological polar surface area (TPSA) is 120 Å². The number of benzene rings is 1. The molecule has 0 atom stereocenters. The van der Waals surface area contributed by atoms with Crippen LogP contribution >= 0.6 is 0 Å². The molecule has 1 aromatic carbocycles. The van der Waals surface area contributed by atoms with Crippen LogP contribution in [0.5, 0.6) is 11.5 Å². The average Bonchev–Trinajstić information content (AvgIpc) is 2.96. The van der Waals surface area contributed by atoms with Crippen molar-refractivity contribution in [2.45, 2.75) is 26.8 Å². The summed E-state index contributed by atoms with van der Waals surface area (Å²) >= 11 is 0. The first kappa shape index (κ1) is 27.9. The molecule has 0 saturated carbocycles. The van der Waals surface area contributed by atoms with Gasteiger partial charge in [0.1, 0.15) is 23.0 Å². The highest BCUT2D eigenvalue weighted by molar-refractivity contribution is 5.98. The normalized spacial score (nSPS) is 10.2. The summed E-state index contributed by atoms with van der Waals surface area (Å²) in [5.74, 6) is 1.60. The molecule has 10 heteroatoms. The van der Waals surface area contributed by atoms with E-state index in [-0.39, 0.29) is 14.3 Å². The molecule has 4 aromatic rings. The Hall–Kier alpha value is -4.73. The van der Waals surface area contributed by atoms with E-state index in [2.05, 4.69) is 32.2 Å². The molecule has 1 amide bonds. The van der Waals surface area contributed by atoms with Crippen molar-refractivity contribution in [2.24, 2.45) is 0 Å². The Kier molecular flexibility index (Phi) is 9.53. The molecule has 4 rings (SSSR count). The maximum Gasteiger partial charge on any atom is 0.260 e. The van der Waals surface area contributed by atoms with Crippen LogP contribution in [0, 0.1) is 0 Å². The molecule has 0 aliphatic rings. The molecule has 2 N–H and O–H groups in total. The summed E-state index contributed by atoms with van der Waals surface area (Å²) in [6.07, 6.45) is 3.28. The fourth-order valence-corrected chi connectivity index (χ4v) is 3.75. The number of aromatic nitrogens is 4. The van der Waals surface area contributed by atoms with E-state index in [0.717, 1.165) is 0 Å². The van der Waals surface area contributed by atoms with Gasteiger partial charge in [0, 0.05) is 51.8 Å². The van der Waals surface area contributed by atoms with E-state index in [1.165, 1.54) is 6.08 Å². The van der Waals surface area contributed by atoms with Crippen LogP contribution in [0.3, 0.4) is 0 Å². The number of anilines is 2. The Balaban J connectivity index is 0.00000196. The van der Waals surface area contributed by atoms with E-state index < -0.39 is 0 Å². The van der Waals surface area contributed by atoms with Crippen LogP contribution < -0.4 is 25.7 Å². The molecule has 0 aliphatic heterocycles. The first-order valence-electron chi connectivity index (χ1n) is 12.2. The Labute approximate surface area is 224 Å². The Morgan fingerprint density at radius 2 is 1.82 bits per heavy atom. The fourth-order valence-electron chi connectivity index (χ4n) is 3.75. The maximum absolute atomic E-state index is 13.8. The van der Waals surface area contributed by atoms with E-state index in [1.807, 2.05) is 19.9 Å². The van der Waals surface area contributed by atoms with E-state index in [0.29, 0.717) is 64.1 Å². The van der Waals surface area contributed by atoms with E-state index in [1.54, 1.807) is 68.4 Å². The molecule has 3 aromatic heterocycles. The van der Waals surface area contributed by atoms with Crippen LogP contribution in [-0.2, 0) is 17.8 Å². The minimum absolute atomic E-state index is 0. The number of aryl methyl sites for hydroxylation is 2. The Bertz CT molecular complexity index is 1490. The monoisotopic (exact) mass is 520 g/mol. The molecule has 0 bridgehead atoms. The van der Waals surface area contributed by atoms with Crippen molar-refractivity contribution in [3.63, 3.8) is 0 Å². The quantitative estimate of drug-likeness (QED) is 0.302. The average molecular weight is 521 g/mol. The van der Waals surface area contributed by atoms with Gasteiger partial charge in [0.25, 0.3) is 5.56 Å². The highest BCUT2D eigenvalue weighted by Crippen LogP contribution is 2.29. The summed E-state index contributed by atoms with van der Waals surface area (Å²) in [6.45, 7) is 7.75. The van der Waals surface area contributed by atoms with Gasteiger partial charge in [-0.15, -0.1) is 0 Å². The number of fused-ring (bicyclic) bond motifs is 1. The number of pyridine rings is 2. The van der Waals surface area contributed by atoms with Gasteiger partial charge in [-0.1, -0.05) is 26.5 Å². The van der Waals surface area contributed by atoms with Crippen LogP contribution in [-0.4, -0.2) is 46.7 Å². The van der Waals surface area contributed by atoms with Gasteiger partial charge in [-0.3, -0.25) is 14.2 Å². The van der Waals surface area contributed by atoms with Crippen molar-refractivity contribution in [3.05, 3.63) is 77.4 Å². The fraction of sp³-hybridized carbons (Fsp3) is 0.250. The maximum atomic E-state index is 13.8. The number of nitrogens with zero attached hydrogens (tertiary/aromatic N) is 4. The third-order valence-corrected chi connectivity index (χ3v) is 5.55. The lowest BCUT2D eigenvalue weighted by Crippen LogP contribution is -2.24. The summed E-state index contributed by atoms with van der Waals surface area (Å²) in [7, 11) is 4.83. The highest BCUT2D eigenvalue weighted by Gasteiger charge is 2.15. The summed E-state index contributed by atoms with van der Waals surface area (Å²) in [5, 5.41) is 6.26. The summed E-state index contributed by atoms with van der Waals surface area (Å²) in [6, 6.07) is 12.4. The van der Waals surface area contributed by atoms with Gasteiger partial charge < -0.3 is 20.1 Å². The summed E-state index contributed by atoms with van der Waals surface area (Å²) in [4.78, 5) is 38.7. The number of hydrogen-bond donors (Lipinski definition) is 2. The number of hydrogen-bond acceptors (Lipinski definition) is 8. The van der Waals surface area contributed by atoms with E-state index in [4.69, 9.17) is 9.47 Å². The van der Waals surface area contributed by atoms with Gasteiger partial charge in [-0.2, -0.15) is 4.98 Å². The zero-order chi connectivity index (χ0) is 27.7. The van der Waals surface area contributed by atoms with Crippen molar-refractivity contribution >= 4 is 28.7 Å². The van der Waals surface area contributed by atoms with Crippen molar-refractivity contribution in [2.75, 3.05) is 31.9 Å². The lowest BCUT2D eigenvalue weighted by atomic mass is 10.0. The predicted molar refractivity (Wildman–Crippen MR) is 154 cm³/mol. The number of methoxy groups -OCH3 is 2. The van der Waals surface area contributed by atoms with Gasteiger partial charge in [0.05, 0.1) is 14.2 Å². The number of carbonyl (C=O) groups is 1. The second kappa shape index (κ2) is 13.0. The molecule has 10 nitrogen and oxygen atoms in total. The molecular formula is C28H36N6O4. The Morgan fingerprint density at radius 3 is 2.45 bits per heavy atom. The lowest BCUT2D eigenvalue weighted by Gasteiger charge is -2.14. The summed E-state index contributed by atoms with van der Waals surface area (Å²) < 4.78 is 12.4. The standard InChI is InChI=1S/C26H26N6O4.C2H6.2H2/c1-5-23(33)30-22-8-6-7-18(29-22)9-10-32-24-17(15-28-26(27-2)31-24)13-21(25(32)34)16-11-19(35-3)14-20(12-16)36-4;1-2;;/h5-8,11-15H,1,9-10H2,2-4H3,(H,27,28,31)(H,29,30,33);1-2H3;2*1H. The first-order valence-corrected chi connectivity index (χ1v) is 12.2. The minimum Gasteiger partial charge on any atom is -0.497 e. The zero-order valence-corrected chi connectivity index (χ0v) is 22.2. The second-order valence-electron chi connectivity index (χ2n) is 7.80. The molecule has 0 unspecified atom stereocenters. The summed E-state index contributed by atoms with van der Waals surface area (Å²) in [5.41, 5.74) is 2.08. The minimum atomic E-state index is -0.348. The molecule has 0 saturated heterocycles. The molecule has 0 radical (unpaired) electrons. The van der Waals surface area contributed by atoms with Crippen LogP contribution in [0.2, 0.25) is 0 Å². The number of amides is 1. The number of carbonyl (C=O) groups excluding carboxylic acids is 1. The van der Waals surface area contributed by atoms with Gasteiger partial charge in [-0.25, -0.2) is 9.97 Å². The van der Waals surface area contributed by atoms with Gasteiger partial charge in [0.2, 0.25) is 11.9 Å². The smallest absolute Gasteiger partial charge is 0.260 e. The largest absolute Gasteiger partial charge is 0.497 e. The van der Waals surface area contributed by atoms with Crippen LogP contribution in [0.4, 0.5) is 11.8 Å². The van der Waals surface area contributed by atoms with Crippen molar-refractivity contribution < 1.29 is 17.1 Å².